The fourth-order valence-corrected chi connectivity index (χ4v) is 2.79. The van der Waals surface area contributed by atoms with Crippen LogP contribution in [0.1, 0.15) is 11.3 Å². The van der Waals surface area contributed by atoms with E-state index >= 15 is 0 Å². The van der Waals surface area contributed by atoms with E-state index in [0.29, 0.717) is 17.1 Å². The largest absolute Gasteiger partial charge is 0.360 e. The number of nitrogens with one attached hydrogen (secondary N) is 2. The molecule has 0 aliphatic rings. The number of carbonyl (C=O) groups excluding carboxylic acids is 1. The molecule has 1 amide bonds. The zero-order valence-electron chi connectivity index (χ0n) is 13.7. The van der Waals surface area contributed by atoms with Gasteiger partial charge in [-0.25, -0.2) is 4.68 Å². The van der Waals surface area contributed by atoms with Gasteiger partial charge in [0.2, 0.25) is 5.91 Å². The highest BCUT2D eigenvalue weighted by molar-refractivity contribution is 6.06. The minimum absolute atomic E-state index is 0.213. The Kier molecular flexibility index (Phi) is 3.38. The number of aromatic amines is 1. The minimum Gasteiger partial charge on any atom is -0.360 e. The van der Waals surface area contributed by atoms with E-state index < -0.39 is 5.91 Å². The zero-order valence-corrected chi connectivity index (χ0v) is 13.7. The molecule has 0 atom stereocenters. The maximum Gasteiger partial charge on any atom is 0.291 e. The number of hydrogen-bond acceptors (Lipinski definition) is 5. The van der Waals surface area contributed by atoms with Crippen molar-refractivity contribution in [3.05, 3.63) is 52.1 Å². The van der Waals surface area contributed by atoms with Crippen LogP contribution in [0.2, 0.25) is 0 Å². The van der Waals surface area contributed by atoms with Crippen molar-refractivity contribution < 1.29 is 9.32 Å². The van der Waals surface area contributed by atoms with Crippen molar-refractivity contribution in [3.63, 3.8) is 0 Å². The first kappa shape index (κ1) is 15.1. The van der Waals surface area contributed by atoms with Gasteiger partial charge in [0.25, 0.3) is 5.56 Å². The van der Waals surface area contributed by atoms with Crippen LogP contribution in [0.4, 0.5) is 5.82 Å². The lowest BCUT2D eigenvalue weighted by Gasteiger charge is -2.04. The average Bonchev–Trinajstić information content (AvgIpc) is 3.14. The van der Waals surface area contributed by atoms with Crippen LogP contribution in [0.3, 0.4) is 0 Å². The number of hydrogen-bond donors (Lipinski definition) is 2. The van der Waals surface area contributed by atoms with Crippen LogP contribution in [-0.2, 0) is 11.3 Å². The van der Waals surface area contributed by atoms with Gasteiger partial charge in [-0.2, -0.15) is 5.10 Å². The first-order valence-corrected chi connectivity index (χ1v) is 7.72. The van der Waals surface area contributed by atoms with E-state index in [0.717, 1.165) is 26.5 Å². The van der Waals surface area contributed by atoms with Crippen molar-refractivity contribution in [3.8, 4) is 0 Å². The Morgan fingerprint density at radius 2 is 2.12 bits per heavy atom. The molecule has 8 heteroatoms. The van der Waals surface area contributed by atoms with Gasteiger partial charge >= 0.3 is 0 Å². The maximum atomic E-state index is 12.6. The van der Waals surface area contributed by atoms with E-state index in [2.05, 4.69) is 20.6 Å². The van der Waals surface area contributed by atoms with E-state index in [-0.39, 0.29) is 12.1 Å². The van der Waals surface area contributed by atoms with Crippen molar-refractivity contribution in [1.82, 2.24) is 19.9 Å². The molecule has 1 aromatic carbocycles. The third-order valence-electron chi connectivity index (χ3n) is 3.96. The molecule has 0 spiro atoms. The summed E-state index contributed by atoms with van der Waals surface area (Å²) in [5.41, 5.74) is 2.04. The van der Waals surface area contributed by atoms with Gasteiger partial charge in [-0.3, -0.25) is 9.59 Å². The van der Waals surface area contributed by atoms with E-state index in [1.807, 2.05) is 25.1 Å². The predicted octanol–water partition coefficient (Wildman–Crippen LogP) is 2.12. The highest BCUT2D eigenvalue weighted by Gasteiger charge is 2.13. The second-order valence-corrected chi connectivity index (χ2v) is 5.94. The molecule has 0 aliphatic carbocycles. The number of aromatic nitrogens is 4. The van der Waals surface area contributed by atoms with E-state index in [9.17, 15) is 9.59 Å². The summed E-state index contributed by atoms with van der Waals surface area (Å²) in [6.07, 6.45) is 1.60. The smallest absolute Gasteiger partial charge is 0.291 e. The number of fused-ring (bicyclic) bond motifs is 3. The summed E-state index contributed by atoms with van der Waals surface area (Å²) in [4.78, 5) is 27.8. The van der Waals surface area contributed by atoms with Crippen LogP contribution >= 0.6 is 0 Å². The van der Waals surface area contributed by atoms with Crippen molar-refractivity contribution in [2.45, 2.75) is 20.4 Å². The van der Waals surface area contributed by atoms with Gasteiger partial charge in [0.1, 0.15) is 17.8 Å². The van der Waals surface area contributed by atoms with Crippen LogP contribution in [0, 0.1) is 13.8 Å². The summed E-state index contributed by atoms with van der Waals surface area (Å²) in [6, 6.07) is 7.49. The lowest BCUT2D eigenvalue weighted by Crippen LogP contribution is -2.29. The second-order valence-electron chi connectivity index (χ2n) is 5.94. The fourth-order valence-electron chi connectivity index (χ4n) is 2.79. The summed E-state index contributed by atoms with van der Waals surface area (Å²) in [7, 11) is 0. The highest BCUT2D eigenvalue weighted by atomic mass is 16.5. The second kappa shape index (κ2) is 5.59. The number of amides is 1. The van der Waals surface area contributed by atoms with Crippen molar-refractivity contribution in [2.75, 3.05) is 5.32 Å². The highest BCUT2D eigenvalue weighted by Crippen LogP contribution is 2.23. The predicted molar refractivity (Wildman–Crippen MR) is 92.5 cm³/mol. The number of benzene rings is 1. The van der Waals surface area contributed by atoms with Gasteiger partial charge in [0.05, 0.1) is 6.20 Å². The summed E-state index contributed by atoms with van der Waals surface area (Å²) in [5.74, 6) is 0.479. The van der Waals surface area contributed by atoms with Crippen LogP contribution < -0.4 is 10.9 Å². The quantitative estimate of drug-likeness (QED) is 0.595. The molecule has 0 radical (unpaired) electrons. The molecule has 2 N–H and O–H groups in total. The number of nitrogens with zero attached hydrogens (tertiary/aromatic N) is 3. The monoisotopic (exact) mass is 337 g/mol. The van der Waals surface area contributed by atoms with Gasteiger partial charge in [-0.05, 0) is 26.0 Å². The third kappa shape index (κ3) is 2.67. The maximum absolute atomic E-state index is 12.6. The van der Waals surface area contributed by atoms with E-state index in [1.54, 1.807) is 19.2 Å². The SMILES string of the molecule is Cc1ccc2[nH]c3c(=O)n(CC(=O)Nc4cc(C)on4)ncc3c2c1. The Bertz CT molecular complexity index is 1170. The topological polar surface area (TPSA) is 106 Å². The normalized spacial score (nSPS) is 11.3. The van der Waals surface area contributed by atoms with Gasteiger partial charge in [0, 0.05) is 22.4 Å². The van der Waals surface area contributed by atoms with Crippen LogP contribution in [0.15, 0.2) is 39.8 Å². The summed E-state index contributed by atoms with van der Waals surface area (Å²) in [5, 5.41) is 12.1. The minimum atomic E-state index is -0.408. The lowest BCUT2D eigenvalue weighted by molar-refractivity contribution is -0.117. The fraction of sp³-hybridized carbons (Fsp3) is 0.176. The first-order chi connectivity index (χ1) is 12.0. The number of anilines is 1. The first-order valence-electron chi connectivity index (χ1n) is 7.72. The van der Waals surface area contributed by atoms with Crippen molar-refractivity contribution in [1.29, 1.82) is 0 Å². The number of rotatable bonds is 3. The van der Waals surface area contributed by atoms with Gasteiger partial charge in [-0.1, -0.05) is 16.8 Å². The molecular weight excluding hydrogens is 322 g/mol. The molecule has 4 rings (SSSR count). The molecule has 0 unspecified atom stereocenters. The molecule has 0 saturated carbocycles. The summed E-state index contributed by atoms with van der Waals surface area (Å²) in [6.45, 7) is 3.50. The number of aryl methyl sites for hydroxylation is 2. The Labute approximate surface area is 141 Å². The van der Waals surface area contributed by atoms with Crippen molar-refractivity contribution >= 4 is 33.5 Å². The van der Waals surface area contributed by atoms with Crippen molar-refractivity contribution in [2.24, 2.45) is 0 Å². The molecule has 25 heavy (non-hydrogen) atoms. The van der Waals surface area contributed by atoms with E-state index in [1.165, 1.54) is 0 Å². The molecular formula is C17H15N5O3. The number of H-pyrrole nitrogens is 1. The molecule has 0 saturated heterocycles. The Hall–Kier alpha value is -3.42. The Morgan fingerprint density at radius 3 is 2.88 bits per heavy atom. The van der Waals surface area contributed by atoms with E-state index in [4.69, 9.17) is 4.52 Å². The molecule has 0 fully saturated rings. The molecule has 0 bridgehead atoms. The molecule has 4 aromatic rings. The Balaban J connectivity index is 1.68. The zero-order chi connectivity index (χ0) is 17.6. The van der Waals surface area contributed by atoms with Gasteiger partial charge in [0.15, 0.2) is 5.82 Å². The van der Waals surface area contributed by atoms with Crippen LogP contribution in [-0.4, -0.2) is 25.8 Å². The summed E-state index contributed by atoms with van der Waals surface area (Å²) < 4.78 is 6.00. The summed E-state index contributed by atoms with van der Waals surface area (Å²) >= 11 is 0. The molecule has 3 aromatic heterocycles. The average molecular weight is 337 g/mol. The standard InChI is InChI=1S/C17H15N5O3/c1-9-3-4-13-11(5-9)12-7-18-22(17(24)16(12)19-13)8-15(23)20-14-6-10(2)25-21-14/h3-7,19H,8H2,1-2H3,(H,20,21,23). The molecule has 3 heterocycles. The molecule has 8 nitrogen and oxygen atoms in total. The Morgan fingerprint density at radius 1 is 1.28 bits per heavy atom. The van der Waals surface area contributed by atoms with Gasteiger partial charge in [-0.15, -0.1) is 0 Å². The molecule has 126 valence electrons. The van der Waals surface area contributed by atoms with Crippen LogP contribution in [0.25, 0.3) is 21.8 Å². The number of carbonyl (C=O) groups is 1. The third-order valence-corrected chi connectivity index (χ3v) is 3.96. The molecule has 0 aliphatic heterocycles. The van der Waals surface area contributed by atoms with Crippen LogP contribution in [0.5, 0.6) is 0 Å². The lowest BCUT2D eigenvalue weighted by atomic mass is 10.1. The van der Waals surface area contributed by atoms with Gasteiger partial charge < -0.3 is 14.8 Å².